The van der Waals surface area contributed by atoms with Gasteiger partial charge in [0.05, 0.1) is 5.69 Å². The highest BCUT2D eigenvalue weighted by Gasteiger charge is 2.20. The first kappa shape index (κ1) is 8.80. The molecule has 0 amide bonds. The number of aromatic nitrogens is 1. The molecule has 1 aromatic rings. The summed E-state index contributed by atoms with van der Waals surface area (Å²) in [5.41, 5.74) is 6.13. The molecule has 0 bridgehead atoms. The minimum Gasteiger partial charge on any atom is -0.477 e. The highest BCUT2D eigenvalue weighted by molar-refractivity contribution is 5.88. The Morgan fingerprint density at radius 3 is 2.93 bits per heavy atom. The number of rotatable bonds is 1. The van der Waals surface area contributed by atoms with Crippen molar-refractivity contribution >= 4 is 11.7 Å². The molecule has 5 heteroatoms. The van der Waals surface area contributed by atoms with Gasteiger partial charge in [-0.05, 0) is 18.9 Å². The van der Waals surface area contributed by atoms with Crippen LogP contribution >= 0.6 is 0 Å². The third-order valence-electron chi connectivity index (χ3n) is 2.46. The number of carboxylic acid groups (broad SMARTS) is 1. The van der Waals surface area contributed by atoms with Crippen LogP contribution in [0.25, 0.3) is 0 Å². The van der Waals surface area contributed by atoms with Crippen LogP contribution in [-0.4, -0.2) is 15.6 Å². The first-order valence-corrected chi connectivity index (χ1v) is 4.36. The summed E-state index contributed by atoms with van der Waals surface area (Å²) < 4.78 is 1.46. The summed E-state index contributed by atoms with van der Waals surface area (Å²) in [6.45, 7) is 0.569. The highest BCUT2D eigenvalue weighted by Crippen LogP contribution is 2.19. The van der Waals surface area contributed by atoms with Gasteiger partial charge in [0.25, 0.3) is 5.56 Å². The Bertz CT molecular complexity index is 462. The molecule has 0 atom stereocenters. The molecule has 1 aliphatic rings. The fourth-order valence-corrected chi connectivity index (χ4v) is 1.80. The Morgan fingerprint density at radius 2 is 2.29 bits per heavy atom. The fraction of sp³-hybridized carbons (Fsp3) is 0.333. The summed E-state index contributed by atoms with van der Waals surface area (Å²) in [5.74, 6) is -1.22. The molecule has 2 rings (SSSR count). The largest absolute Gasteiger partial charge is 0.477 e. The zero-order valence-corrected chi connectivity index (χ0v) is 7.49. The Balaban J connectivity index is 2.74. The van der Waals surface area contributed by atoms with Crippen LogP contribution in [0.2, 0.25) is 0 Å². The molecule has 1 aliphatic heterocycles. The number of hydrogen-bond acceptors (Lipinski definition) is 3. The van der Waals surface area contributed by atoms with E-state index in [4.69, 9.17) is 10.8 Å². The van der Waals surface area contributed by atoms with Gasteiger partial charge in [-0.3, -0.25) is 4.79 Å². The summed E-state index contributed by atoms with van der Waals surface area (Å²) >= 11 is 0. The lowest BCUT2D eigenvalue weighted by Crippen LogP contribution is -2.26. The summed E-state index contributed by atoms with van der Waals surface area (Å²) in [5, 5.41) is 8.75. The van der Waals surface area contributed by atoms with Crippen LogP contribution in [0, 0.1) is 0 Å². The molecular weight excluding hydrogens is 184 g/mol. The molecule has 0 radical (unpaired) electrons. The number of aromatic carboxylic acids is 1. The van der Waals surface area contributed by atoms with E-state index in [1.807, 2.05) is 0 Å². The van der Waals surface area contributed by atoms with Crippen LogP contribution in [0.5, 0.6) is 0 Å². The van der Waals surface area contributed by atoms with E-state index >= 15 is 0 Å². The first-order chi connectivity index (χ1) is 6.61. The summed E-state index contributed by atoms with van der Waals surface area (Å²) in [7, 11) is 0. The molecule has 0 unspecified atom stereocenters. The third-order valence-corrected chi connectivity index (χ3v) is 2.46. The van der Waals surface area contributed by atoms with Gasteiger partial charge in [0.1, 0.15) is 5.56 Å². The lowest BCUT2D eigenvalue weighted by molar-refractivity contribution is 0.0694. The van der Waals surface area contributed by atoms with E-state index < -0.39 is 11.5 Å². The van der Waals surface area contributed by atoms with Crippen molar-refractivity contribution in [3.05, 3.63) is 27.7 Å². The molecular formula is C9H10N2O3. The standard InChI is InChI=1S/C9H10N2O3/c10-6-4-5(9(13)14)8(12)11-3-1-2-7(6)11/h4H,1-3,10H2,(H,13,14). The monoisotopic (exact) mass is 194 g/mol. The quantitative estimate of drug-likeness (QED) is 0.662. The van der Waals surface area contributed by atoms with Gasteiger partial charge in [-0.15, -0.1) is 0 Å². The zero-order valence-electron chi connectivity index (χ0n) is 7.49. The number of pyridine rings is 1. The number of nitrogens with zero attached hydrogens (tertiary/aromatic N) is 1. The zero-order chi connectivity index (χ0) is 10.3. The molecule has 0 aliphatic carbocycles. The van der Waals surface area contributed by atoms with Gasteiger partial charge in [-0.25, -0.2) is 4.79 Å². The van der Waals surface area contributed by atoms with Crippen molar-refractivity contribution in [3.8, 4) is 0 Å². The SMILES string of the molecule is Nc1cc(C(=O)O)c(=O)n2c1CCC2. The second-order valence-electron chi connectivity index (χ2n) is 3.33. The van der Waals surface area contributed by atoms with Crippen molar-refractivity contribution < 1.29 is 9.90 Å². The maximum Gasteiger partial charge on any atom is 0.341 e. The highest BCUT2D eigenvalue weighted by atomic mass is 16.4. The van der Waals surface area contributed by atoms with Crippen molar-refractivity contribution in [1.29, 1.82) is 0 Å². The second kappa shape index (κ2) is 2.87. The van der Waals surface area contributed by atoms with Gasteiger partial charge in [0.15, 0.2) is 0 Å². The number of carbonyl (C=O) groups is 1. The fourth-order valence-electron chi connectivity index (χ4n) is 1.80. The topological polar surface area (TPSA) is 85.3 Å². The lowest BCUT2D eigenvalue weighted by atomic mass is 10.2. The number of anilines is 1. The van der Waals surface area contributed by atoms with E-state index in [0.29, 0.717) is 12.2 Å². The van der Waals surface area contributed by atoms with Gasteiger partial charge < -0.3 is 15.4 Å². The normalized spacial score (nSPS) is 14.0. The Kier molecular flexibility index (Phi) is 1.80. The molecule has 0 spiro atoms. The summed E-state index contributed by atoms with van der Waals surface area (Å²) in [6.07, 6.45) is 1.60. The van der Waals surface area contributed by atoms with Crippen molar-refractivity contribution in [1.82, 2.24) is 4.57 Å². The molecule has 0 aromatic carbocycles. The van der Waals surface area contributed by atoms with E-state index in [-0.39, 0.29) is 5.56 Å². The average molecular weight is 194 g/mol. The van der Waals surface area contributed by atoms with E-state index in [0.717, 1.165) is 18.5 Å². The average Bonchev–Trinajstić information content (AvgIpc) is 2.59. The van der Waals surface area contributed by atoms with Crippen LogP contribution in [-0.2, 0) is 13.0 Å². The van der Waals surface area contributed by atoms with Gasteiger partial charge in [-0.1, -0.05) is 0 Å². The van der Waals surface area contributed by atoms with E-state index in [9.17, 15) is 9.59 Å². The summed E-state index contributed by atoms with van der Waals surface area (Å²) in [4.78, 5) is 22.3. The third kappa shape index (κ3) is 1.09. The van der Waals surface area contributed by atoms with Crippen LogP contribution in [0.4, 0.5) is 5.69 Å². The minimum absolute atomic E-state index is 0.242. The molecule has 0 saturated carbocycles. The van der Waals surface area contributed by atoms with E-state index in [1.165, 1.54) is 10.6 Å². The van der Waals surface area contributed by atoms with Crippen LogP contribution in [0.3, 0.4) is 0 Å². The number of nitrogens with two attached hydrogens (primary N) is 1. The van der Waals surface area contributed by atoms with Crippen LogP contribution in [0.15, 0.2) is 10.9 Å². The molecule has 0 fully saturated rings. The molecule has 1 aromatic heterocycles. The Hall–Kier alpha value is -1.78. The maximum absolute atomic E-state index is 11.6. The Labute approximate surface area is 79.8 Å². The van der Waals surface area contributed by atoms with Gasteiger partial charge in [0, 0.05) is 12.2 Å². The van der Waals surface area contributed by atoms with E-state index in [1.54, 1.807) is 0 Å². The van der Waals surface area contributed by atoms with Crippen LogP contribution in [0.1, 0.15) is 22.5 Å². The molecule has 3 N–H and O–H groups in total. The van der Waals surface area contributed by atoms with Crippen molar-refractivity contribution in [2.24, 2.45) is 0 Å². The van der Waals surface area contributed by atoms with Crippen molar-refractivity contribution in [2.75, 3.05) is 5.73 Å². The minimum atomic E-state index is -1.22. The first-order valence-electron chi connectivity index (χ1n) is 4.36. The predicted molar refractivity (Wildman–Crippen MR) is 50.4 cm³/mol. The van der Waals surface area contributed by atoms with E-state index in [2.05, 4.69) is 0 Å². The number of hydrogen-bond donors (Lipinski definition) is 2. The molecule has 5 nitrogen and oxygen atoms in total. The van der Waals surface area contributed by atoms with Crippen molar-refractivity contribution in [3.63, 3.8) is 0 Å². The Morgan fingerprint density at radius 1 is 1.57 bits per heavy atom. The summed E-state index contributed by atoms with van der Waals surface area (Å²) in [6, 6.07) is 1.25. The maximum atomic E-state index is 11.6. The number of carboxylic acids is 1. The lowest BCUT2D eigenvalue weighted by Gasteiger charge is -2.07. The predicted octanol–water partition coefficient (Wildman–Crippen LogP) is 0.0749. The molecule has 2 heterocycles. The van der Waals surface area contributed by atoms with Crippen molar-refractivity contribution in [2.45, 2.75) is 19.4 Å². The number of nitrogen functional groups attached to an aromatic ring is 1. The van der Waals surface area contributed by atoms with Gasteiger partial charge in [-0.2, -0.15) is 0 Å². The van der Waals surface area contributed by atoms with Gasteiger partial charge >= 0.3 is 5.97 Å². The van der Waals surface area contributed by atoms with Gasteiger partial charge in [0.2, 0.25) is 0 Å². The molecule has 74 valence electrons. The van der Waals surface area contributed by atoms with Crippen LogP contribution < -0.4 is 11.3 Å². The molecule has 0 saturated heterocycles. The smallest absolute Gasteiger partial charge is 0.341 e. The second-order valence-corrected chi connectivity index (χ2v) is 3.33. The molecule has 14 heavy (non-hydrogen) atoms. The number of fused-ring (bicyclic) bond motifs is 1.